The fourth-order valence-electron chi connectivity index (χ4n) is 3.08. The van der Waals surface area contributed by atoms with E-state index in [1.165, 1.54) is 107 Å². The summed E-state index contributed by atoms with van der Waals surface area (Å²) in [6.07, 6.45) is 22.0. The molecule has 1 heteroatoms. The maximum atomic E-state index is 2.45. The van der Waals surface area contributed by atoms with Crippen LogP contribution in [0, 0.1) is 5.92 Å². The third-order valence-corrected chi connectivity index (χ3v) is 6.45. The van der Waals surface area contributed by atoms with Crippen LogP contribution in [0.2, 0.25) is 5.04 Å². The van der Waals surface area contributed by atoms with E-state index in [1.54, 1.807) is 0 Å². The normalized spacial score (nSPS) is 13.6. The van der Waals surface area contributed by atoms with Gasteiger partial charge in [-0.25, -0.2) is 0 Å². The molecule has 0 aliphatic carbocycles. The fourth-order valence-corrected chi connectivity index (χ4v) is 3.37. The van der Waals surface area contributed by atoms with Gasteiger partial charge in [-0.15, -0.1) is 0 Å². The zero-order valence-corrected chi connectivity index (χ0v) is 18.7. The summed E-state index contributed by atoms with van der Waals surface area (Å²) >= 11 is 0. The molecule has 22 heavy (non-hydrogen) atoms. The minimum absolute atomic E-state index is 0.635. The molecule has 0 aromatic rings. The minimum Gasteiger partial charge on any atom is -0.0654 e. The van der Waals surface area contributed by atoms with Crippen LogP contribution < -0.4 is 0 Å². The summed E-state index contributed by atoms with van der Waals surface area (Å²) in [4.78, 5) is 0. The lowest BCUT2D eigenvalue weighted by atomic mass is 9.91. The third kappa shape index (κ3) is 15.1. The van der Waals surface area contributed by atoms with Crippen molar-refractivity contribution in [3.05, 3.63) is 0 Å². The average molecular weight is 327 g/mol. The summed E-state index contributed by atoms with van der Waals surface area (Å²) < 4.78 is 0. The molecular formula is C21H46Si. The smallest absolute Gasteiger partial charge is 0.0103 e. The van der Waals surface area contributed by atoms with Crippen LogP contribution >= 0.6 is 0 Å². The molecule has 0 radical (unpaired) electrons. The van der Waals surface area contributed by atoms with Crippen molar-refractivity contribution in [3.63, 3.8) is 0 Å². The highest BCUT2D eigenvalue weighted by Crippen LogP contribution is 2.33. The molecule has 0 aliphatic rings. The van der Waals surface area contributed by atoms with E-state index < -0.39 is 0 Å². The monoisotopic (exact) mass is 326 g/mol. The first-order valence-electron chi connectivity index (χ1n) is 10.5. The van der Waals surface area contributed by atoms with Crippen molar-refractivity contribution >= 4 is 10.2 Å². The fraction of sp³-hybridized carbons (Fsp3) is 1.00. The second-order valence-corrected chi connectivity index (χ2v) is 11.2. The van der Waals surface area contributed by atoms with Crippen LogP contribution in [0.5, 0.6) is 0 Å². The third-order valence-electron chi connectivity index (χ3n) is 5.47. The molecule has 0 saturated heterocycles. The predicted octanol–water partition coefficient (Wildman–Crippen LogP) is 7.06. The van der Waals surface area contributed by atoms with Crippen LogP contribution in [-0.4, -0.2) is 10.2 Å². The average Bonchev–Trinajstić information content (AvgIpc) is 2.46. The molecule has 0 aliphatic heterocycles. The van der Waals surface area contributed by atoms with E-state index in [2.05, 4.69) is 27.7 Å². The van der Waals surface area contributed by atoms with E-state index in [9.17, 15) is 0 Å². The summed E-state index contributed by atoms with van der Waals surface area (Å²) in [6.45, 7) is 9.63. The minimum atomic E-state index is 0.635. The van der Waals surface area contributed by atoms with Crippen molar-refractivity contribution in [2.75, 3.05) is 0 Å². The van der Waals surface area contributed by atoms with Gasteiger partial charge in [-0.1, -0.05) is 124 Å². The van der Waals surface area contributed by atoms with Gasteiger partial charge in [-0.2, -0.15) is 0 Å². The van der Waals surface area contributed by atoms with Gasteiger partial charge in [0.2, 0.25) is 0 Å². The SMILES string of the molecule is CCCCCCCCCCCCCCCCC(C)C(C)(C)[SiH3]. The van der Waals surface area contributed by atoms with Crippen molar-refractivity contribution in [3.8, 4) is 0 Å². The van der Waals surface area contributed by atoms with Gasteiger partial charge in [-0.05, 0) is 11.0 Å². The molecule has 0 spiro atoms. The number of hydrogen-bond donors (Lipinski definition) is 0. The van der Waals surface area contributed by atoms with Gasteiger partial charge in [-0.3, -0.25) is 0 Å². The van der Waals surface area contributed by atoms with Crippen LogP contribution in [0.3, 0.4) is 0 Å². The first kappa shape index (κ1) is 22.2. The Morgan fingerprint density at radius 2 is 0.955 bits per heavy atom. The zero-order valence-electron chi connectivity index (χ0n) is 16.7. The molecule has 0 heterocycles. The van der Waals surface area contributed by atoms with Crippen LogP contribution in [0.25, 0.3) is 0 Å². The van der Waals surface area contributed by atoms with Gasteiger partial charge in [0.25, 0.3) is 0 Å². The van der Waals surface area contributed by atoms with Crippen molar-refractivity contribution in [1.29, 1.82) is 0 Å². The van der Waals surface area contributed by atoms with Crippen LogP contribution in [0.4, 0.5) is 0 Å². The number of hydrogen-bond acceptors (Lipinski definition) is 0. The van der Waals surface area contributed by atoms with E-state index in [0.717, 1.165) is 5.92 Å². The van der Waals surface area contributed by atoms with E-state index >= 15 is 0 Å². The quantitative estimate of drug-likeness (QED) is 0.210. The highest BCUT2D eigenvalue weighted by molar-refractivity contribution is 6.14. The summed E-state index contributed by atoms with van der Waals surface area (Å²) in [7, 11) is 1.33. The molecule has 0 aromatic heterocycles. The van der Waals surface area contributed by atoms with Gasteiger partial charge in [0.1, 0.15) is 0 Å². The Kier molecular flexibility index (Phi) is 14.9. The maximum Gasteiger partial charge on any atom is 0.0103 e. The first-order chi connectivity index (χ1) is 10.5. The molecule has 0 saturated carbocycles. The molecule has 0 nitrogen and oxygen atoms in total. The molecule has 134 valence electrons. The Labute approximate surface area is 145 Å². The van der Waals surface area contributed by atoms with Gasteiger partial charge < -0.3 is 0 Å². The van der Waals surface area contributed by atoms with E-state index in [1.807, 2.05) is 0 Å². The highest BCUT2D eigenvalue weighted by Gasteiger charge is 2.18. The van der Waals surface area contributed by atoms with Gasteiger partial charge in [0, 0.05) is 10.2 Å². The molecule has 0 N–H and O–H groups in total. The topological polar surface area (TPSA) is 0 Å². The standard InChI is InChI=1S/C21H46Si/c1-5-6-7-8-9-10-11-12-13-14-15-16-17-18-19-20(2)21(3,4)22/h20H,5-19H2,1-4,22H3. The molecular weight excluding hydrogens is 280 g/mol. The maximum absolute atomic E-state index is 2.45. The molecule has 0 fully saturated rings. The van der Waals surface area contributed by atoms with Crippen LogP contribution in [0.15, 0.2) is 0 Å². The Morgan fingerprint density at radius 1 is 0.636 bits per heavy atom. The van der Waals surface area contributed by atoms with E-state index in [-0.39, 0.29) is 0 Å². The summed E-state index contributed by atoms with van der Waals surface area (Å²) in [5, 5.41) is 0.635. The molecule has 0 amide bonds. The molecule has 1 atom stereocenters. The second kappa shape index (κ2) is 14.8. The van der Waals surface area contributed by atoms with Crippen LogP contribution in [0.1, 0.15) is 124 Å². The largest absolute Gasteiger partial charge is 0.0654 e. The van der Waals surface area contributed by atoms with Gasteiger partial charge >= 0.3 is 0 Å². The molecule has 0 rings (SSSR count). The Bertz CT molecular complexity index is 216. The highest BCUT2D eigenvalue weighted by atomic mass is 28.1. The lowest BCUT2D eigenvalue weighted by Gasteiger charge is -2.27. The number of rotatable bonds is 16. The Balaban J connectivity index is 3.12. The summed E-state index contributed by atoms with van der Waals surface area (Å²) in [5.41, 5.74) is 0. The summed E-state index contributed by atoms with van der Waals surface area (Å²) in [5.74, 6) is 0.927. The summed E-state index contributed by atoms with van der Waals surface area (Å²) in [6, 6.07) is 0. The van der Waals surface area contributed by atoms with Crippen molar-refractivity contribution in [2.24, 2.45) is 5.92 Å². The van der Waals surface area contributed by atoms with Gasteiger partial charge in [0.15, 0.2) is 0 Å². The van der Waals surface area contributed by atoms with Gasteiger partial charge in [0.05, 0.1) is 0 Å². The second-order valence-electron chi connectivity index (χ2n) is 8.65. The van der Waals surface area contributed by atoms with Crippen LogP contribution in [-0.2, 0) is 0 Å². The lowest BCUT2D eigenvalue weighted by Crippen LogP contribution is -2.14. The molecule has 0 bridgehead atoms. The molecule has 0 aromatic carbocycles. The Hall–Kier alpha value is 0.217. The zero-order chi connectivity index (χ0) is 16.7. The first-order valence-corrected chi connectivity index (χ1v) is 11.5. The van der Waals surface area contributed by atoms with Crippen molar-refractivity contribution in [1.82, 2.24) is 0 Å². The van der Waals surface area contributed by atoms with Crippen molar-refractivity contribution in [2.45, 2.75) is 129 Å². The Morgan fingerprint density at radius 3 is 1.27 bits per heavy atom. The van der Waals surface area contributed by atoms with E-state index in [4.69, 9.17) is 0 Å². The predicted molar refractivity (Wildman–Crippen MR) is 108 cm³/mol. The number of unbranched alkanes of at least 4 members (excludes halogenated alkanes) is 13. The lowest BCUT2D eigenvalue weighted by molar-refractivity contribution is 0.391. The van der Waals surface area contributed by atoms with E-state index in [0.29, 0.717) is 5.04 Å². The molecule has 1 unspecified atom stereocenters. The van der Waals surface area contributed by atoms with Crippen molar-refractivity contribution < 1.29 is 0 Å².